The van der Waals surface area contributed by atoms with Gasteiger partial charge in [0.05, 0.1) is 22.5 Å². The van der Waals surface area contributed by atoms with Crippen molar-refractivity contribution in [3.63, 3.8) is 0 Å². The molecule has 2 aliphatic heterocycles. The molecule has 0 radical (unpaired) electrons. The van der Waals surface area contributed by atoms with Gasteiger partial charge in [-0.3, -0.25) is 14.4 Å². The van der Waals surface area contributed by atoms with E-state index in [2.05, 4.69) is 32.3 Å². The molecule has 218 valence electrons. The van der Waals surface area contributed by atoms with E-state index in [1.165, 1.54) is 0 Å². The van der Waals surface area contributed by atoms with Gasteiger partial charge in [0.1, 0.15) is 0 Å². The summed E-state index contributed by atoms with van der Waals surface area (Å²) in [7, 11) is 3.81. The van der Waals surface area contributed by atoms with Crippen LogP contribution in [0.25, 0.3) is 22.2 Å². The van der Waals surface area contributed by atoms with Gasteiger partial charge in [-0.15, -0.1) is 0 Å². The molecule has 2 aliphatic rings. The van der Waals surface area contributed by atoms with Crippen molar-refractivity contribution in [2.75, 3.05) is 44.6 Å². The summed E-state index contributed by atoms with van der Waals surface area (Å²) in [4.78, 5) is 47.3. The van der Waals surface area contributed by atoms with Crippen LogP contribution < -0.4 is 10.6 Å². The van der Waals surface area contributed by atoms with Gasteiger partial charge in [-0.2, -0.15) is 0 Å². The molecule has 11 heteroatoms. The quantitative estimate of drug-likeness (QED) is 0.370. The Bertz CT molecular complexity index is 1660. The summed E-state index contributed by atoms with van der Waals surface area (Å²) < 4.78 is 3.82. The SMILES string of the molecule is Cn1c(-c2cccc3c2ccn3C)cnc1C(=O)Nc1ccc(C(=O)N2CCN(C(=O)C3CCNCC3)CC2)c(Cl)c1. The average molecular weight is 588 g/mol. The molecule has 6 rings (SSSR count). The number of hydrogen-bond acceptors (Lipinski definition) is 5. The molecule has 2 N–H and O–H groups in total. The minimum atomic E-state index is -0.381. The van der Waals surface area contributed by atoms with Crippen molar-refractivity contribution in [1.82, 2.24) is 29.2 Å². The molecule has 4 aromatic rings. The Morgan fingerprint density at radius 3 is 2.45 bits per heavy atom. The predicted molar refractivity (Wildman–Crippen MR) is 163 cm³/mol. The van der Waals surface area contributed by atoms with Crippen molar-refractivity contribution in [3.8, 4) is 11.3 Å². The molecule has 10 nitrogen and oxygen atoms in total. The van der Waals surface area contributed by atoms with Gasteiger partial charge in [0.2, 0.25) is 5.91 Å². The third kappa shape index (κ3) is 5.28. The Labute approximate surface area is 249 Å². The van der Waals surface area contributed by atoms with E-state index in [4.69, 9.17) is 11.6 Å². The molecule has 0 aliphatic carbocycles. The topological polar surface area (TPSA) is 104 Å². The van der Waals surface area contributed by atoms with Gasteiger partial charge in [-0.1, -0.05) is 23.7 Å². The lowest BCUT2D eigenvalue weighted by molar-refractivity contribution is -0.137. The number of fused-ring (bicyclic) bond motifs is 1. The van der Waals surface area contributed by atoms with Crippen molar-refractivity contribution in [2.24, 2.45) is 20.0 Å². The van der Waals surface area contributed by atoms with Gasteiger partial charge < -0.3 is 29.6 Å². The van der Waals surface area contributed by atoms with E-state index in [-0.39, 0.29) is 34.5 Å². The Kier molecular flexibility index (Phi) is 7.74. The number of piperidine rings is 1. The number of benzene rings is 2. The maximum absolute atomic E-state index is 13.3. The Hall–Kier alpha value is -4.15. The van der Waals surface area contributed by atoms with Crippen LogP contribution in [0.15, 0.2) is 54.9 Å². The zero-order valence-electron chi connectivity index (χ0n) is 23.8. The van der Waals surface area contributed by atoms with Crippen LogP contribution in [0, 0.1) is 5.92 Å². The van der Waals surface area contributed by atoms with Crippen molar-refractivity contribution < 1.29 is 14.4 Å². The summed E-state index contributed by atoms with van der Waals surface area (Å²) in [5.74, 6) is -0.0459. The fourth-order valence-corrected chi connectivity index (χ4v) is 6.24. The second-order valence-corrected chi connectivity index (χ2v) is 11.4. The van der Waals surface area contributed by atoms with E-state index in [1.54, 1.807) is 33.9 Å². The number of rotatable bonds is 5. The van der Waals surface area contributed by atoms with E-state index >= 15 is 0 Å². The summed E-state index contributed by atoms with van der Waals surface area (Å²) in [5.41, 5.74) is 3.74. The second kappa shape index (κ2) is 11.6. The van der Waals surface area contributed by atoms with Gasteiger partial charge in [0, 0.05) is 74.5 Å². The summed E-state index contributed by atoms with van der Waals surface area (Å²) in [5, 5.41) is 7.48. The van der Waals surface area contributed by atoms with Crippen LogP contribution in [-0.4, -0.2) is 80.9 Å². The summed E-state index contributed by atoms with van der Waals surface area (Å²) in [6, 6.07) is 13.0. The number of halogens is 1. The van der Waals surface area contributed by atoms with E-state index in [0.29, 0.717) is 37.4 Å². The van der Waals surface area contributed by atoms with Crippen molar-refractivity contribution in [2.45, 2.75) is 12.8 Å². The lowest BCUT2D eigenvalue weighted by atomic mass is 9.96. The number of carbonyl (C=O) groups excluding carboxylic acids is 3. The van der Waals surface area contributed by atoms with Crippen LogP contribution in [0.2, 0.25) is 5.02 Å². The van der Waals surface area contributed by atoms with Crippen molar-refractivity contribution in [1.29, 1.82) is 0 Å². The van der Waals surface area contributed by atoms with E-state index in [0.717, 1.165) is 48.1 Å². The predicted octanol–water partition coefficient (Wildman–Crippen LogP) is 3.77. The normalized spacial score (nSPS) is 16.2. The minimum absolute atomic E-state index is 0.0706. The third-order valence-corrected chi connectivity index (χ3v) is 8.73. The Morgan fingerprint density at radius 1 is 0.976 bits per heavy atom. The van der Waals surface area contributed by atoms with Crippen LogP contribution in [0.5, 0.6) is 0 Å². The number of imidazole rings is 1. The maximum atomic E-state index is 13.3. The van der Waals surface area contributed by atoms with E-state index in [9.17, 15) is 14.4 Å². The molecular formula is C31H34ClN7O3. The Morgan fingerprint density at radius 2 is 1.71 bits per heavy atom. The highest BCUT2D eigenvalue weighted by molar-refractivity contribution is 6.34. The largest absolute Gasteiger partial charge is 0.351 e. The summed E-state index contributed by atoms with van der Waals surface area (Å²) >= 11 is 6.53. The van der Waals surface area contributed by atoms with Gasteiger partial charge in [0.15, 0.2) is 5.82 Å². The number of carbonyl (C=O) groups is 3. The number of nitrogens with one attached hydrogen (secondary N) is 2. The molecular weight excluding hydrogens is 554 g/mol. The number of amides is 3. The fraction of sp³-hybridized carbons (Fsp3) is 0.355. The molecule has 3 amide bonds. The van der Waals surface area contributed by atoms with Gasteiger partial charge in [-0.25, -0.2) is 4.98 Å². The van der Waals surface area contributed by atoms with Crippen LogP contribution in [0.1, 0.15) is 33.8 Å². The molecule has 0 atom stereocenters. The average Bonchev–Trinajstić information content (AvgIpc) is 3.59. The number of aryl methyl sites for hydroxylation is 1. The number of hydrogen-bond donors (Lipinski definition) is 2. The molecule has 0 unspecified atom stereocenters. The van der Waals surface area contributed by atoms with Crippen LogP contribution in [0.3, 0.4) is 0 Å². The monoisotopic (exact) mass is 587 g/mol. The van der Waals surface area contributed by atoms with E-state index < -0.39 is 0 Å². The van der Waals surface area contributed by atoms with Gasteiger partial charge in [-0.05, 0) is 56.3 Å². The highest BCUT2D eigenvalue weighted by atomic mass is 35.5. The summed E-state index contributed by atoms with van der Waals surface area (Å²) in [6.07, 6.45) is 5.43. The smallest absolute Gasteiger partial charge is 0.291 e. The second-order valence-electron chi connectivity index (χ2n) is 11.0. The maximum Gasteiger partial charge on any atom is 0.291 e. The number of piperazine rings is 1. The van der Waals surface area contributed by atoms with E-state index in [1.807, 2.05) is 37.3 Å². The zero-order chi connectivity index (χ0) is 29.4. The number of anilines is 1. The molecule has 0 spiro atoms. The van der Waals surface area contributed by atoms with Crippen molar-refractivity contribution in [3.05, 3.63) is 71.3 Å². The molecule has 0 saturated carbocycles. The molecule has 2 fully saturated rings. The first kappa shape index (κ1) is 28.0. The molecule has 2 aromatic heterocycles. The lowest BCUT2D eigenvalue weighted by Crippen LogP contribution is -2.52. The molecule has 2 aromatic carbocycles. The first-order valence-corrected chi connectivity index (χ1v) is 14.7. The molecule has 0 bridgehead atoms. The Balaban J connectivity index is 1.10. The zero-order valence-corrected chi connectivity index (χ0v) is 24.5. The fourth-order valence-electron chi connectivity index (χ4n) is 5.98. The number of nitrogens with zero attached hydrogens (tertiary/aromatic N) is 5. The first-order valence-electron chi connectivity index (χ1n) is 14.3. The number of aromatic nitrogens is 3. The highest BCUT2D eigenvalue weighted by Crippen LogP contribution is 2.30. The standard InChI is InChI=1S/C31H34ClN7O3/c1-36-13-10-23-22(4-3-5-26(23)36)27-19-34-28(37(27)2)29(40)35-21-6-7-24(25(32)18-21)31(42)39-16-14-38(15-17-39)30(41)20-8-11-33-12-9-20/h3-7,10,13,18-20,33H,8-9,11-12,14-17H2,1-2H3,(H,35,40). The van der Waals surface area contributed by atoms with Crippen LogP contribution in [-0.2, 0) is 18.9 Å². The van der Waals surface area contributed by atoms with Crippen molar-refractivity contribution >= 4 is 45.9 Å². The molecule has 4 heterocycles. The van der Waals surface area contributed by atoms with Gasteiger partial charge in [0.25, 0.3) is 11.8 Å². The van der Waals surface area contributed by atoms with Crippen LogP contribution >= 0.6 is 11.6 Å². The molecule has 2 saturated heterocycles. The van der Waals surface area contributed by atoms with Crippen LogP contribution in [0.4, 0.5) is 5.69 Å². The summed E-state index contributed by atoms with van der Waals surface area (Å²) in [6.45, 7) is 3.70. The minimum Gasteiger partial charge on any atom is -0.351 e. The lowest BCUT2D eigenvalue weighted by Gasteiger charge is -2.37. The highest BCUT2D eigenvalue weighted by Gasteiger charge is 2.30. The first-order chi connectivity index (χ1) is 20.3. The third-order valence-electron chi connectivity index (χ3n) is 8.42. The van der Waals surface area contributed by atoms with Gasteiger partial charge >= 0.3 is 0 Å². The molecule has 42 heavy (non-hydrogen) atoms.